The second kappa shape index (κ2) is 5.78. The van der Waals surface area contributed by atoms with E-state index in [9.17, 15) is 4.79 Å². The molecule has 0 aliphatic carbocycles. The first-order valence-electron chi connectivity index (χ1n) is 5.84. The molecule has 0 spiro atoms. The SMILES string of the molecule is CN(C)CC(C)(C)C(=O)/C=C\c1ccccc1. The van der Waals surface area contributed by atoms with E-state index in [0.29, 0.717) is 0 Å². The van der Waals surface area contributed by atoms with Gasteiger partial charge < -0.3 is 4.90 Å². The molecular formula is C15H21NO. The topological polar surface area (TPSA) is 20.3 Å². The number of hydrogen-bond acceptors (Lipinski definition) is 2. The Balaban J connectivity index is 2.69. The van der Waals surface area contributed by atoms with Crippen LogP contribution in [0.2, 0.25) is 0 Å². The van der Waals surface area contributed by atoms with Crippen LogP contribution in [0.1, 0.15) is 19.4 Å². The van der Waals surface area contributed by atoms with Gasteiger partial charge in [0.2, 0.25) is 0 Å². The normalized spacial score (nSPS) is 12.3. The van der Waals surface area contributed by atoms with Crippen molar-refractivity contribution in [1.29, 1.82) is 0 Å². The minimum atomic E-state index is -0.339. The highest BCUT2D eigenvalue weighted by molar-refractivity contribution is 5.97. The van der Waals surface area contributed by atoms with Crippen LogP contribution < -0.4 is 0 Å². The molecule has 0 bridgehead atoms. The summed E-state index contributed by atoms with van der Waals surface area (Å²) in [5, 5.41) is 0. The Morgan fingerprint density at radius 3 is 2.35 bits per heavy atom. The van der Waals surface area contributed by atoms with Gasteiger partial charge in [0.25, 0.3) is 0 Å². The van der Waals surface area contributed by atoms with Gasteiger partial charge in [-0.25, -0.2) is 0 Å². The summed E-state index contributed by atoms with van der Waals surface area (Å²) < 4.78 is 0. The molecule has 0 aromatic heterocycles. The lowest BCUT2D eigenvalue weighted by Crippen LogP contribution is -2.34. The van der Waals surface area contributed by atoms with Crippen LogP contribution >= 0.6 is 0 Å². The van der Waals surface area contributed by atoms with Crippen LogP contribution in [0.5, 0.6) is 0 Å². The molecule has 0 saturated carbocycles. The van der Waals surface area contributed by atoms with Crippen molar-refractivity contribution in [2.24, 2.45) is 5.41 Å². The maximum atomic E-state index is 12.1. The van der Waals surface area contributed by atoms with Gasteiger partial charge in [-0.3, -0.25) is 4.79 Å². The minimum absolute atomic E-state index is 0.162. The highest BCUT2D eigenvalue weighted by Crippen LogP contribution is 2.18. The first-order valence-corrected chi connectivity index (χ1v) is 5.84. The summed E-state index contributed by atoms with van der Waals surface area (Å²) >= 11 is 0. The minimum Gasteiger partial charge on any atom is -0.308 e. The van der Waals surface area contributed by atoms with E-state index in [-0.39, 0.29) is 11.2 Å². The lowest BCUT2D eigenvalue weighted by Gasteiger charge is -2.25. The fourth-order valence-electron chi connectivity index (χ4n) is 1.83. The Morgan fingerprint density at radius 1 is 1.24 bits per heavy atom. The predicted molar refractivity (Wildman–Crippen MR) is 72.8 cm³/mol. The van der Waals surface area contributed by atoms with Gasteiger partial charge in [-0.2, -0.15) is 0 Å². The zero-order valence-electron chi connectivity index (χ0n) is 11.1. The molecule has 2 nitrogen and oxygen atoms in total. The monoisotopic (exact) mass is 231 g/mol. The first-order chi connectivity index (χ1) is 7.92. The maximum Gasteiger partial charge on any atom is 0.162 e. The van der Waals surface area contributed by atoms with Crippen LogP contribution in [-0.4, -0.2) is 31.3 Å². The molecule has 17 heavy (non-hydrogen) atoms. The summed E-state index contributed by atoms with van der Waals surface area (Å²) in [6, 6.07) is 9.88. The van der Waals surface area contributed by atoms with E-state index in [2.05, 4.69) is 0 Å². The average Bonchev–Trinajstić information content (AvgIpc) is 2.25. The number of rotatable bonds is 5. The molecule has 92 valence electrons. The Bertz CT molecular complexity index is 391. The zero-order valence-corrected chi connectivity index (χ0v) is 11.1. The molecule has 0 saturated heterocycles. The average molecular weight is 231 g/mol. The van der Waals surface area contributed by atoms with Gasteiger partial charge in [0.15, 0.2) is 5.78 Å². The molecule has 0 unspecified atom stereocenters. The number of nitrogens with zero attached hydrogens (tertiary/aromatic N) is 1. The first kappa shape index (κ1) is 13.7. The lowest BCUT2D eigenvalue weighted by atomic mass is 9.87. The van der Waals surface area contributed by atoms with Crippen molar-refractivity contribution in [1.82, 2.24) is 4.90 Å². The third kappa shape index (κ3) is 4.53. The van der Waals surface area contributed by atoms with Gasteiger partial charge in [-0.15, -0.1) is 0 Å². The molecule has 2 heteroatoms. The zero-order chi connectivity index (χ0) is 12.9. The Labute approximate surface area is 104 Å². The lowest BCUT2D eigenvalue weighted by molar-refractivity contribution is -0.122. The van der Waals surface area contributed by atoms with Crippen LogP contribution in [0.25, 0.3) is 6.08 Å². The third-order valence-corrected chi connectivity index (χ3v) is 2.61. The van der Waals surface area contributed by atoms with Crippen LogP contribution in [0.15, 0.2) is 36.4 Å². The van der Waals surface area contributed by atoms with E-state index in [0.717, 1.165) is 12.1 Å². The van der Waals surface area contributed by atoms with Crippen molar-refractivity contribution in [3.05, 3.63) is 42.0 Å². The van der Waals surface area contributed by atoms with Crippen molar-refractivity contribution in [3.63, 3.8) is 0 Å². The summed E-state index contributed by atoms with van der Waals surface area (Å²) in [5.41, 5.74) is 0.718. The molecule has 0 heterocycles. The molecule has 0 amide bonds. The van der Waals surface area contributed by atoms with Crippen LogP contribution in [-0.2, 0) is 4.79 Å². The number of carbonyl (C=O) groups excluding carboxylic acids is 1. The van der Waals surface area contributed by atoms with Crippen molar-refractivity contribution in [2.75, 3.05) is 20.6 Å². The Morgan fingerprint density at radius 2 is 1.82 bits per heavy atom. The Hall–Kier alpha value is -1.41. The number of hydrogen-bond donors (Lipinski definition) is 0. The van der Waals surface area contributed by atoms with E-state index in [1.807, 2.05) is 69.3 Å². The van der Waals surface area contributed by atoms with Gasteiger partial charge in [-0.1, -0.05) is 50.3 Å². The molecule has 0 N–H and O–H groups in total. The van der Waals surface area contributed by atoms with E-state index < -0.39 is 0 Å². The summed E-state index contributed by atoms with van der Waals surface area (Å²) in [6.45, 7) is 4.71. The molecule has 0 aliphatic heterocycles. The quantitative estimate of drug-likeness (QED) is 0.726. The molecule has 1 aromatic rings. The second-order valence-electron chi connectivity index (χ2n) is 5.23. The molecule has 0 aliphatic rings. The fourth-order valence-corrected chi connectivity index (χ4v) is 1.83. The smallest absolute Gasteiger partial charge is 0.162 e. The summed E-state index contributed by atoms with van der Waals surface area (Å²) in [5.74, 6) is 0.162. The Kier molecular flexibility index (Phi) is 4.64. The van der Waals surface area contributed by atoms with Gasteiger partial charge in [-0.05, 0) is 25.7 Å². The molecule has 0 atom stereocenters. The van der Waals surface area contributed by atoms with E-state index in [4.69, 9.17) is 0 Å². The highest BCUT2D eigenvalue weighted by atomic mass is 16.1. The third-order valence-electron chi connectivity index (χ3n) is 2.61. The molecule has 1 aromatic carbocycles. The van der Waals surface area contributed by atoms with Gasteiger partial charge in [0.05, 0.1) is 0 Å². The van der Waals surface area contributed by atoms with Gasteiger partial charge in [0.1, 0.15) is 0 Å². The van der Waals surface area contributed by atoms with Crippen molar-refractivity contribution >= 4 is 11.9 Å². The fraction of sp³-hybridized carbons (Fsp3) is 0.400. The standard InChI is InChI=1S/C15H21NO/c1-15(2,12-16(3)4)14(17)11-10-13-8-6-5-7-9-13/h5-11H,12H2,1-4H3/b11-10-. The molecule has 0 fully saturated rings. The number of benzene rings is 1. The predicted octanol–water partition coefficient (Wildman–Crippen LogP) is 2.86. The number of ketones is 1. The summed E-state index contributed by atoms with van der Waals surface area (Å²) in [6.07, 6.45) is 3.55. The van der Waals surface area contributed by atoms with Crippen molar-refractivity contribution in [3.8, 4) is 0 Å². The molecule has 0 radical (unpaired) electrons. The van der Waals surface area contributed by atoms with E-state index in [1.165, 1.54) is 0 Å². The van der Waals surface area contributed by atoms with Crippen molar-refractivity contribution in [2.45, 2.75) is 13.8 Å². The van der Waals surface area contributed by atoms with Crippen LogP contribution in [0.3, 0.4) is 0 Å². The molecule has 1 rings (SSSR count). The number of allylic oxidation sites excluding steroid dienone is 1. The molecular weight excluding hydrogens is 210 g/mol. The second-order valence-corrected chi connectivity index (χ2v) is 5.23. The van der Waals surface area contributed by atoms with Gasteiger partial charge in [0, 0.05) is 12.0 Å². The highest BCUT2D eigenvalue weighted by Gasteiger charge is 2.25. The maximum absolute atomic E-state index is 12.1. The summed E-state index contributed by atoms with van der Waals surface area (Å²) in [4.78, 5) is 14.1. The van der Waals surface area contributed by atoms with Crippen molar-refractivity contribution < 1.29 is 4.79 Å². The number of carbonyl (C=O) groups is 1. The van der Waals surface area contributed by atoms with Gasteiger partial charge >= 0.3 is 0 Å². The van der Waals surface area contributed by atoms with E-state index >= 15 is 0 Å². The summed E-state index contributed by atoms with van der Waals surface area (Å²) in [7, 11) is 3.96. The largest absolute Gasteiger partial charge is 0.308 e. The van der Waals surface area contributed by atoms with E-state index in [1.54, 1.807) is 6.08 Å². The van der Waals surface area contributed by atoms with Crippen LogP contribution in [0.4, 0.5) is 0 Å². The van der Waals surface area contributed by atoms with Crippen LogP contribution in [0, 0.1) is 5.41 Å².